The zero-order valence-corrected chi connectivity index (χ0v) is 16.1. The van der Waals surface area contributed by atoms with E-state index in [-0.39, 0.29) is 11.5 Å². The number of hydrogen-bond donors (Lipinski definition) is 2. The van der Waals surface area contributed by atoms with E-state index in [0.717, 1.165) is 52.0 Å². The maximum atomic E-state index is 11.5. The summed E-state index contributed by atoms with van der Waals surface area (Å²) in [5, 5.41) is 14.6. The maximum absolute atomic E-state index is 11.5. The third-order valence-electron chi connectivity index (χ3n) is 4.86. The molecule has 2 heterocycles. The molecule has 2 rings (SSSR count). The first-order valence-corrected chi connectivity index (χ1v) is 9.49. The Bertz CT molecular complexity index is 607. The molecular formula is C17H31N7O2. The van der Waals surface area contributed by atoms with Gasteiger partial charge in [-0.05, 0) is 44.8 Å². The van der Waals surface area contributed by atoms with E-state index < -0.39 is 4.92 Å². The van der Waals surface area contributed by atoms with Gasteiger partial charge in [0.2, 0.25) is 17.6 Å². The van der Waals surface area contributed by atoms with Crippen LogP contribution in [0.2, 0.25) is 0 Å². The van der Waals surface area contributed by atoms with Crippen molar-refractivity contribution in [2.24, 2.45) is 5.92 Å². The number of hydrogen-bond acceptors (Lipinski definition) is 8. The summed E-state index contributed by atoms with van der Waals surface area (Å²) in [6.07, 6.45) is 3.06. The molecule has 3 N–H and O–H groups in total. The van der Waals surface area contributed by atoms with E-state index in [0.29, 0.717) is 24.2 Å². The summed E-state index contributed by atoms with van der Waals surface area (Å²) >= 11 is 0. The Balaban J connectivity index is 2.12. The molecule has 9 heteroatoms. The van der Waals surface area contributed by atoms with E-state index in [9.17, 15) is 10.1 Å². The van der Waals surface area contributed by atoms with Gasteiger partial charge >= 0.3 is 5.69 Å². The highest BCUT2D eigenvalue weighted by molar-refractivity contribution is 5.71. The fraction of sp³-hybridized carbons (Fsp3) is 0.765. The molecule has 9 nitrogen and oxygen atoms in total. The molecule has 0 radical (unpaired) electrons. The molecule has 1 aromatic rings. The number of anilines is 3. The largest absolute Gasteiger partial charge is 0.378 e. The highest BCUT2D eigenvalue weighted by Gasteiger charge is 2.29. The Labute approximate surface area is 155 Å². The average molecular weight is 365 g/mol. The van der Waals surface area contributed by atoms with Crippen LogP contribution in [0.15, 0.2) is 0 Å². The summed E-state index contributed by atoms with van der Waals surface area (Å²) in [7, 11) is 0. The lowest BCUT2D eigenvalue weighted by atomic mass is 10.0. The second-order valence-electron chi connectivity index (χ2n) is 6.86. The number of piperidine rings is 1. The van der Waals surface area contributed by atoms with Crippen LogP contribution in [0.5, 0.6) is 0 Å². The molecule has 0 unspecified atom stereocenters. The van der Waals surface area contributed by atoms with Gasteiger partial charge in [-0.2, -0.15) is 9.97 Å². The van der Waals surface area contributed by atoms with Crippen LogP contribution in [0.1, 0.15) is 40.0 Å². The lowest BCUT2D eigenvalue weighted by molar-refractivity contribution is -0.383. The number of nitrogen functional groups attached to an aromatic ring is 1. The lowest BCUT2D eigenvalue weighted by Gasteiger charge is -2.31. The van der Waals surface area contributed by atoms with Crippen LogP contribution in [0.3, 0.4) is 0 Å². The van der Waals surface area contributed by atoms with Crippen molar-refractivity contribution in [3.8, 4) is 0 Å². The van der Waals surface area contributed by atoms with Gasteiger partial charge in [-0.3, -0.25) is 10.1 Å². The number of nitro groups is 1. The summed E-state index contributed by atoms with van der Waals surface area (Å²) < 4.78 is 0. The van der Waals surface area contributed by atoms with Crippen LogP contribution in [-0.4, -0.2) is 59.1 Å². The fourth-order valence-corrected chi connectivity index (χ4v) is 3.36. The Morgan fingerprint density at radius 1 is 1.38 bits per heavy atom. The molecule has 1 fully saturated rings. The number of nitrogens with two attached hydrogens (primary N) is 1. The van der Waals surface area contributed by atoms with Crippen molar-refractivity contribution in [3.63, 3.8) is 0 Å². The Morgan fingerprint density at radius 2 is 2.12 bits per heavy atom. The van der Waals surface area contributed by atoms with Gasteiger partial charge in [0, 0.05) is 19.6 Å². The molecule has 0 amide bonds. The van der Waals surface area contributed by atoms with Gasteiger partial charge < -0.3 is 20.9 Å². The predicted octanol–water partition coefficient (Wildman–Crippen LogP) is 2.35. The fourth-order valence-electron chi connectivity index (χ4n) is 3.36. The smallest absolute Gasteiger partial charge is 0.353 e. The molecule has 146 valence electrons. The van der Waals surface area contributed by atoms with Gasteiger partial charge in [-0.1, -0.05) is 20.8 Å². The van der Waals surface area contributed by atoms with Crippen molar-refractivity contribution >= 4 is 23.3 Å². The molecule has 1 aliphatic rings. The third kappa shape index (κ3) is 5.17. The number of rotatable bonds is 9. The Kier molecular flexibility index (Phi) is 7.38. The topological polar surface area (TPSA) is 113 Å². The van der Waals surface area contributed by atoms with Gasteiger partial charge in [0.1, 0.15) is 0 Å². The molecule has 26 heavy (non-hydrogen) atoms. The number of aromatic nitrogens is 2. The third-order valence-corrected chi connectivity index (χ3v) is 4.86. The molecule has 0 aliphatic carbocycles. The zero-order valence-electron chi connectivity index (χ0n) is 16.1. The highest BCUT2D eigenvalue weighted by atomic mass is 16.6. The van der Waals surface area contributed by atoms with Crippen molar-refractivity contribution in [2.45, 2.75) is 40.0 Å². The van der Waals surface area contributed by atoms with E-state index in [1.807, 2.05) is 4.90 Å². The summed E-state index contributed by atoms with van der Waals surface area (Å²) in [6.45, 7) is 11.7. The van der Waals surface area contributed by atoms with Gasteiger partial charge in [-0.25, -0.2) is 0 Å². The Hall–Kier alpha value is -2.16. The summed E-state index contributed by atoms with van der Waals surface area (Å²) in [6, 6.07) is 0. The second-order valence-corrected chi connectivity index (χ2v) is 6.86. The van der Waals surface area contributed by atoms with E-state index in [1.54, 1.807) is 0 Å². The van der Waals surface area contributed by atoms with E-state index in [2.05, 4.69) is 41.0 Å². The minimum atomic E-state index is -0.478. The molecule has 1 aromatic heterocycles. The van der Waals surface area contributed by atoms with Crippen LogP contribution in [0, 0.1) is 16.0 Å². The van der Waals surface area contributed by atoms with E-state index in [1.165, 1.54) is 0 Å². The standard InChI is InChI=1S/C17H31N7O2/c1-4-22(5-2)10-7-9-19-17-20-15(18)14(24(25)26)16(21-17)23-11-6-8-13(3)12-23/h13H,4-12H2,1-3H3,(H3,18,19,20,21)/t13-/m0/s1. The molecule has 0 spiro atoms. The van der Waals surface area contributed by atoms with Gasteiger partial charge in [0.25, 0.3) is 0 Å². The zero-order chi connectivity index (χ0) is 19.1. The van der Waals surface area contributed by atoms with E-state index >= 15 is 0 Å². The van der Waals surface area contributed by atoms with Crippen LogP contribution in [0.4, 0.5) is 23.3 Å². The van der Waals surface area contributed by atoms with Crippen LogP contribution >= 0.6 is 0 Å². The molecule has 1 saturated heterocycles. The summed E-state index contributed by atoms with van der Waals surface area (Å²) in [5.41, 5.74) is 5.71. The molecule has 0 bridgehead atoms. The average Bonchev–Trinajstić information content (AvgIpc) is 2.61. The van der Waals surface area contributed by atoms with Crippen LogP contribution in [0.25, 0.3) is 0 Å². The van der Waals surface area contributed by atoms with Crippen LogP contribution < -0.4 is 16.0 Å². The van der Waals surface area contributed by atoms with Crippen molar-refractivity contribution in [1.82, 2.24) is 14.9 Å². The lowest BCUT2D eigenvalue weighted by Crippen LogP contribution is -2.35. The maximum Gasteiger partial charge on any atom is 0.353 e. The first-order valence-electron chi connectivity index (χ1n) is 9.49. The minimum absolute atomic E-state index is 0.0792. The quantitative estimate of drug-likeness (QED) is 0.389. The Morgan fingerprint density at radius 3 is 2.73 bits per heavy atom. The first kappa shape index (κ1) is 20.2. The van der Waals surface area contributed by atoms with Crippen molar-refractivity contribution < 1.29 is 4.92 Å². The minimum Gasteiger partial charge on any atom is -0.378 e. The van der Waals surface area contributed by atoms with Crippen molar-refractivity contribution in [3.05, 3.63) is 10.1 Å². The molecule has 0 saturated carbocycles. The van der Waals surface area contributed by atoms with E-state index in [4.69, 9.17) is 5.73 Å². The normalized spacial score (nSPS) is 17.5. The van der Waals surface area contributed by atoms with Crippen molar-refractivity contribution in [2.75, 3.05) is 55.2 Å². The summed E-state index contributed by atoms with van der Waals surface area (Å²) in [4.78, 5) is 23.8. The molecule has 0 aromatic carbocycles. The van der Waals surface area contributed by atoms with Crippen LogP contribution in [-0.2, 0) is 0 Å². The number of nitrogens with zero attached hydrogens (tertiary/aromatic N) is 5. The molecular weight excluding hydrogens is 334 g/mol. The number of nitrogens with one attached hydrogen (secondary N) is 1. The second kappa shape index (κ2) is 9.51. The predicted molar refractivity (Wildman–Crippen MR) is 105 cm³/mol. The van der Waals surface area contributed by atoms with Gasteiger partial charge in [0.15, 0.2) is 0 Å². The summed E-state index contributed by atoms with van der Waals surface area (Å²) in [5.74, 6) is 1.09. The van der Waals surface area contributed by atoms with Gasteiger partial charge in [0.05, 0.1) is 4.92 Å². The first-order chi connectivity index (χ1) is 12.5. The van der Waals surface area contributed by atoms with Gasteiger partial charge in [-0.15, -0.1) is 0 Å². The molecule has 1 aliphatic heterocycles. The highest BCUT2D eigenvalue weighted by Crippen LogP contribution is 2.34. The monoisotopic (exact) mass is 365 g/mol. The SMILES string of the molecule is CCN(CC)CCCNc1nc(N)c([N+](=O)[O-])c(N2CCC[C@H](C)C2)n1. The van der Waals surface area contributed by atoms with Crippen molar-refractivity contribution in [1.29, 1.82) is 0 Å². The molecule has 1 atom stereocenters.